The fraction of sp³-hybridized carbons (Fsp3) is 0.846. The molecule has 0 saturated heterocycles. The average molecular weight is 310 g/mol. The smallest absolute Gasteiger partial charge is 0.141 e. The second-order valence-corrected chi connectivity index (χ2v) is 4.22. The lowest BCUT2D eigenvalue weighted by Crippen LogP contribution is -2.03. The van der Waals surface area contributed by atoms with Crippen molar-refractivity contribution >= 4 is 0 Å². The van der Waals surface area contributed by atoms with Crippen molar-refractivity contribution in [1.82, 2.24) is 0 Å². The maximum absolute atomic E-state index is 4.71. The van der Waals surface area contributed by atoms with Crippen molar-refractivity contribution in [3.05, 3.63) is 12.3 Å². The van der Waals surface area contributed by atoms with Gasteiger partial charge >= 0.3 is 0 Å². The lowest BCUT2D eigenvalue weighted by atomic mass is 10.1. The summed E-state index contributed by atoms with van der Waals surface area (Å²) in [5.74, 6) is 0.306. The average Bonchev–Trinajstić information content (AvgIpc) is 2.49. The molecule has 0 aliphatic carbocycles. The highest BCUT2D eigenvalue weighted by Crippen LogP contribution is 2.05. The minimum atomic E-state index is 0.132. The van der Waals surface area contributed by atoms with Crippen LogP contribution in [0.2, 0.25) is 0 Å². The van der Waals surface area contributed by atoms with E-state index in [9.17, 15) is 0 Å². The van der Waals surface area contributed by atoms with Crippen LogP contribution in [0.5, 0.6) is 0 Å². The number of hydrogen-bond acceptors (Lipinski definition) is 8. The zero-order valence-electron chi connectivity index (χ0n) is 12.8. The number of rotatable bonds is 17. The van der Waals surface area contributed by atoms with Gasteiger partial charge in [-0.2, -0.15) is 4.89 Å². The van der Waals surface area contributed by atoms with Gasteiger partial charge in [0.1, 0.15) is 5.76 Å². The van der Waals surface area contributed by atoms with Crippen LogP contribution in [0.25, 0.3) is 0 Å². The molecule has 0 radical (unpaired) electrons. The summed E-state index contributed by atoms with van der Waals surface area (Å²) < 4.78 is 0. The van der Waals surface area contributed by atoms with E-state index < -0.39 is 0 Å². The first-order valence-electron chi connectivity index (χ1n) is 7.10. The maximum atomic E-state index is 4.71. The summed E-state index contributed by atoms with van der Waals surface area (Å²) in [6.07, 6.45) is 7.32. The van der Waals surface area contributed by atoms with Gasteiger partial charge in [0.25, 0.3) is 0 Å². The third-order valence-corrected chi connectivity index (χ3v) is 2.42. The Morgan fingerprint density at radius 3 is 2.19 bits per heavy atom. The summed E-state index contributed by atoms with van der Waals surface area (Å²) in [6, 6.07) is 0. The molecule has 0 atom stereocenters. The van der Waals surface area contributed by atoms with E-state index in [-0.39, 0.29) is 6.61 Å². The number of unbranched alkanes of at least 4 members (excludes halogenated alkanes) is 5. The van der Waals surface area contributed by atoms with E-state index in [1.807, 2.05) is 0 Å². The van der Waals surface area contributed by atoms with Gasteiger partial charge in [-0.15, -0.1) is 0 Å². The summed E-state index contributed by atoms with van der Waals surface area (Å²) in [7, 11) is 1.31. The van der Waals surface area contributed by atoms with Gasteiger partial charge in [0.05, 0.1) is 20.3 Å². The first kappa shape index (κ1) is 20.3. The van der Waals surface area contributed by atoms with Gasteiger partial charge in [-0.05, 0) is 26.6 Å². The highest BCUT2D eigenvalue weighted by molar-refractivity contribution is 4.79. The van der Waals surface area contributed by atoms with E-state index in [0.717, 1.165) is 12.8 Å². The third-order valence-electron chi connectivity index (χ3n) is 2.42. The first-order chi connectivity index (χ1) is 10.3. The Kier molecular flexibility index (Phi) is 16.7. The molecule has 0 bridgehead atoms. The van der Waals surface area contributed by atoms with Crippen molar-refractivity contribution < 1.29 is 39.7 Å². The molecule has 0 aliphatic rings. The lowest BCUT2D eigenvalue weighted by molar-refractivity contribution is -0.708. The molecule has 0 aromatic heterocycles. The van der Waals surface area contributed by atoms with Crippen LogP contribution in [0.1, 0.15) is 51.9 Å². The predicted octanol–water partition coefficient (Wildman–Crippen LogP) is 3.50. The Bertz CT molecular complexity index is 224. The summed E-state index contributed by atoms with van der Waals surface area (Å²) in [5.41, 5.74) is 0. The van der Waals surface area contributed by atoms with Crippen LogP contribution in [-0.4, -0.2) is 20.3 Å². The van der Waals surface area contributed by atoms with Crippen molar-refractivity contribution in [2.24, 2.45) is 0 Å². The van der Waals surface area contributed by atoms with Crippen LogP contribution < -0.4 is 0 Å². The van der Waals surface area contributed by atoms with Gasteiger partial charge in [-0.1, -0.05) is 45.6 Å². The molecule has 0 aliphatic heterocycles. The van der Waals surface area contributed by atoms with E-state index >= 15 is 0 Å². The molecule has 0 aromatic carbocycles. The molecule has 0 fully saturated rings. The number of hydrogen-bond donors (Lipinski definition) is 0. The second-order valence-electron chi connectivity index (χ2n) is 4.22. The fourth-order valence-electron chi connectivity index (χ4n) is 1.34. The lowest BCUT2D eigenvalue weighted by Gasteiger charge is -2.04. The van der Waals surface area contributed by atoms with Crippen molar-refractivity contribution in [2.45, 2.75) is 51.9 Å². The van der Waals surface area contributed by atoms with Crippen LogP contribution in [0, 0.1) is 0 Å². The molecular formula is C13H26O8. The van der Waals surface area contributed by atoms with E-state index in [1.54, 1.807) is 0 Å². The van der Waals surface area contributed by atoms with Crippen LogP contribution in [0.3, 0.4) is 0 Å². The zero-order chi connectivity index (χ0) is 15.6. The minimum Gasteiger partial charge on any atom is -0.313 e. The molecule has 0 spiro atoms. The van der Waals surface area contributed by atoms with Gasteiger partial charge in [0.2, 0.25) is 0 Å². The Morgan fingerprint density at radius 1 is 0.810 bits per heavy atom. The monoisotopic (exact) mass is 310 g/mol. The van der Waals surface area contributed by atoms with Crippen molar-refractivity contribution in [1.29, 1.82) is 0 Å². The minimum absolute atomic E-state index is 0.132. The largest absolute Gasteiger partial charge is 0.313 e. The van der Waals surface area contributed by atoms with Gasteiger partial charge in [-0.3, -0.25) is 0 Å². The standard InChI is InChI=1S/C13H26O8/c1-4-5-6-7-8-9-11-15-19-21-20-16-12-10-13(2)17-18-14-3/h2,4-12H2,1,3H3. The zero-order valence-corrected chi connectivity index (χ0v) is 12.8. The third kappa shape index (κ3) is 17.2. The second kappa shape index (κ2) is 17.3. The maximum Gasteiger partial charge on any atom is 0.141 e. The van der Waals surface area contributed by atoms with E-state index in [1.165, 1.54) is 32.8 Å². The fourth-order valence-corrected chi connectivity index (χ4v) is 1.34. The van der Waals surface area contributed by atoms with Gasteiger partial charge in [0, 0.05) is 6.42 Å². The normalized spacial score (nSPS) is 10.8. The SMILES string of the molecule is C=C(CCOOOOOCCCCCCCC)OOOC. The summed E-state index contributed by atoms with van der Waals surface area (Å²) >= 11 is 0. The molecule has 0 aromatic rings. The summed E-state index contributed by atoms with van der Waals surface area (Å²) in [5, 5.41) is 16.9. The topological polar surface area (TPSA) is 73.8 Å². The highest BCUT2D eigenvalue weighted by atomic mass is 17.8. The molecule has 0 rings (SSSR count). The first-order valence-corrected chi connectivity index (χ1v) is 7.10. The Morgan fingerprint density at radius 2 is 1.48 bits per heavy atom. The molecule has 8 nitrogen and oxygen atoms in total. The summed E-state index contributed by atoms with van der Waals surface area (Å²) in [4.78, 5) is 18.1. The highest BCUT2D eigenvalue weighted by Gasteiger charge is 1.99. The molecule has 21 heavy (non-hydrogen) atoms. The van der Waals surface area contributed by atoms with Crippen LogP contribution in [0.4, 0.5) is 0 Å². The van der Waals surface area contributed by atoms with Crippen LogP contribution in [-0.2, 0) is 39.7 Å². The summed E-state index contributed by atoms with van der Waals surface area (Å²) in [6.45, 7) is 6.28. The van der Waals surface area contributed by atoms with E-state index in [4.69, 9.17) is 4.89 Å². The molecule has 0 amide bonds. The predicted molar refractivity (Wildman–Crippen MR) is 71.5 cm³/mol. The molecule has 8 heteroatoms. The van der Waals surface area contributed by atoms with Crippen LogP contribution in [0.15, 0.2) is 12.3 Å². The van der Waals surface area contributed by atoms with Crippen LogP contribution >= 0.6 is 0 Å². The van der Waals surface area contributed by atoms with Crippen molar-refractivity contribution in [3.8, 4) is 0 Å². The quantitative estimate of drug-likeness (QED) is 0.175. The van der Waals surface area contributed by atoms with Crippen molar-refractivity contribution in [3.63, 3.8) is 0 Å². The molecule has 126 valence electrons. The van der Waals surface area contributed by atoms with E-state index in [0.29, 0.717) is 18.8 Å². The molecule has 0 N–H and O–H groups in total. The molecular weight excluding hydrogens is 284 g/mol. The van der Waals surface area contributed by atoms with Gasteiger partial charge in [0.15, 0.2) is 0 Å². The Hall–Kier alpha value is -0.740. The molecule has 0 heterocycles. The van der Waals surface area contributed by atoms with Gasteiger partial charge in [-0.25, -0.2) is 9.78 Å². The van der Waals surface area contributed by atoms with Crippen molar-refractivity contribution in [2.75, 3.05) is 20.3 Å². The van der Waals surface area contributed by atoms with Gasteiger partial charge < -0.3 is 4.89 Å². The Labute approximate surface area is 125 Å². The Balaban J connectivity index is 3.04. The molecule has 0 saturated carbocycles. The van der Waals surface area contributed by atoms with E-state index in [2.05, 4.69) is 48.3 Å². The molecule has 0 unspecified atom stereocenters.